The normalized spacial score (nSPS) is 12.3. The number of hydrogen-bond acceptors (Lipinski definition) is 9. The van der Waals surface area contributed by atoms with Gasteiger partial charge in [-0.25, -0.2) is 10.2 Å². The largest absolute Gasteiger partial charge is 0.574 e. The first-order valence-electron chi connectivity index (χ1n) is 12.1. The van der Waals surface area contributed by atoms with Gasteiger partial charge in [-0.05, 0) is 70.9 Å². The van der Waals surface area contributed by atoms with Crippen molar-refractivity contribution in [3.8, 4) is 0 Å². The zero-order valence-electron chi connectivity index (χ0n) is 22.2. The molecule has 0 fully saturated rings. The molecule has 3 aromatic heterocycles. The summed E-state index contributed by atoms with van der Waals surface area (Å²) in [6, 6.07) is 5.07. The van der Waals surface area contributed by atoms with Crippen LogP contribution in [0.15, 0.2) is 45.9 Å². The molecular weight excluding hydrogens is 526 g/mol. The Morgan fingerprint density at radius 2 is 1.82 bits per heavy atom. The maximum atomic E-state index is 12.9. The molecule has 0 saturated heterocycles. The van der Waals surface area contributed by atoms with Gasteiger partial charge in [0.1, 0.15) is 17.0 Å². The Morgan fingerprint density at radius 1 is 1.05 bits per heavy atom. The highest BCUT2D eigenvalue weighted by Crippen LogP contribution is 2.26. The molecule has 0 aliphatic carbocycles. The Morgan fingerprint density at radius 3 is 2.45 bits per heavy atom. The predicted molar refractivity (Wildman–Crippen MR) is 152 cm³/mol. The van der Waals surface area contributed by atoms with Gasteiger partial charge in [0, 0.05) is 35.4 Å². The van der Waals surface area contributed by atoms with E-state index in [9.17, 15) is 14.8 Å². The number of rotatable bonds is 12. The van der Waals surface area contributed by atoms with Crippen LogP contribution < -0.4 is 21.4 Å². The Balaban J connectivity index is 1.62. The number of urea groups is 1. The van der Waals surface area contributed by atoms with Crippen molar-refractivity contribution in [1.82, 2.24) is 14.8 Å². The summed E-state index contributed by atoms with van der Waals surface area (Å²) in [5, 5.41) is 24.4. The van der Waals surface area contributed by atoms with Crippen LogP contribution in [0.3, 0.4) is 0 Å². The molecule has 0 aromatic carbocycles. The molecule has 3 rings (SSSR count). The van der Waals surface area contributed by atoms with Crippen LogP contribution in [0.4, 0.5) is 21.9 Å². The number of aromatic nitrogens is 1. The molecule has 4 N–H and O–H groups in total. The molecule has 3 aromatic rings. The molecule has 0 spiro atoms. The first-order valence-corrected chi connectivity index (χ1v) is 13.9. The number of nitrogens with one attached hydrogen (secondary N) is 4. The minimum Gasteiger partial charge on any atom is -0.574 e. The number of nitrogens with zero attached hydrogens (tertiary/aromatic N) is 3. The quantitative estimate of drug-likeness (QED) is 0.247. The number of carbonyl (C=O) groups is 2. The molecule has 1 unspecified atom stereocenters. The molecule has 1 atom stereocenters. The summed E-state index contributed by atoms with van der Waals surface area (Å²) in [6.45, 7) is 7.10. The maximum Gasteiger partial charge on any atom is 0.322 e. The first kappa shape index (κ1) is 29.5. The van der Waals surface area contributed by atoms with Gasteiger partial charge in [0.05, 0.1) is 11.4 Å². The van der Waals surface area contributed by atoms with E-state index >= 15 is 0 Å². The van der Waals surface area contributed by atoms with Gasteiger partial charge >= 0.3 is 6.03 Å². The summed E-state index contributed by atoms with van der Waals surface area (Å²) in [6.07, 6.45) is 2.41. The first-order chi connectivity index (χ1) is 18.0. The number of carbonyl (C=O) groups excluding carboxylic acids is 2. The number of thiophene rings is 2. The lowest BCUT2D eigenvalue weighted by atomic mass is 10.2. The summed E-state index contributed by atoms with van der Waals surface area (Å²) in [5.74, 6) is -0.416. The highest BCUT2D eigenvalue weighted by molar-refractivity contribution is 7.09. The van der Waals surface area contributed by atoms with E-state index in [1.54, 1.807) is 54.8 Å². The molecular formula is C25H35N7O4S2. The molecule has 0 aliphatic heterocycles. The molecule has 3 heterocycles. The van der Waals surface area contributed by atoms with Crippen molar-refractivity contribution in [1.29, 1.82) is 0 Å². The van der Waals surface area contributed by atoms with Crippen LogP contribution in [0.1, 0.15) is 43.2 Å². The smallest absolute Gasteiger partial charge is 0.322 e. The monoisotopic (exact) mass is 561 g/mol. The molecule has 3 amide bonds. The molecule has 13 heteroatoms. The second-order valence-corrected chi connectivity index (χ2v) is 11.4. The highest BCUT2D eigenvalue weighted by Gasteiger charge is 2.19. The van der Waals surface area contributed by atoms with Crippen molar-refractivity contribution in [2.75, 3.05) is 43.2 Å². The van der Waals surface area contributed by atoms with Gasteiger partial charge in [-0.2, -0.15) is 16.2 Å². The Kier molecular flexibility index (Phi) is 10.6. The lowest BCUT2D eigenvalue weighted by molar-refractivity contribution is -1.05. The summed E-state index contributed by atoms with van der Waals surface area (Å²) in [4.78, 5) is 39.1. The predicted octanol–water partition coefficient (Wildman–Crippen LogP) is 3.88. The van der Waals surface area contributed by atoms with E-state index in [-0.39, 0.29) is 11.7 Å². The molecule has 0 saturated carbocycles. The number of amides is 3. The zero-order valence-corrected chi connectivity index (χ0v) is 23.9. The summed E-state index contributed by atoms with van der Waals surface area (Å²) in [7, 11) is 3.99. The average Bonchev–Trinajstić information content (AvgIpc) is 3.49. The summed E-state index contributed by atoms with van der Waals surface area (Å²) >= 11 is 2.85. The Labute approximate surface area is 230 Å². The number of pyridine rings is 1. The fourth-order valence-corrected chi connectivity index (χ4v) is 4.63. The van der Waals surface area contributed by atoms with Gasteiger partial charge in [-0.15, -0.1) is 16.7 Å². The molecule has 206 valence electrons. The summed E-state index contributed by atoms with van der Waals surface area (Å²) < 4.78 is 0. The molecule has 0 radical (unpaired) electrons. The molecule has 11 nitrogen and oxygen atoms in total. The van der Waals surface area contributed by atoms with Crippen LogP contribution in [0.5, 0.6) is 0 Å². The SMILES string of the molecule is CN(C)CCCN(Cc1ccc(C(=O)Nc2cscc2N[NH+]([O-])OC(C)(C)C)nc1)C(=O)Nc1ccsc1. The van der Waals surface area contributed by atoms with Crippen LogP contribution >= 0.6 is 22.7 Å². The third-order valence-corrected chi connectivity index (χ3v) is 6.50. The van der Waals surface area contributed by atoms with Gasteiger partial charge < -0.3 is 25.6 Å². The third kappa shape index (κ3) is 9.67. The van der Waals surface area contributed by atoms with Crippen molar-refractivity contribution in [2.45, 2.75) is 39.3 Å². The van der Waals surface area contributed by atoms with E-state index in [2.05, 4.69) is 25.9 Å². The second-order valence-electron chi connectivity index (χ2n) is 9.85. The number of anilines is 3. The fourth-order valence-electron chi connectivity index (χ4n) is 3.33. The van der Waals surface area contributed by atoms with Crippen molar-refractivity contribution < 1.29 is 19.8 Å². The number of quaternary nitrogens is 1. The Hall–Kier alpha value is -3.07. The van der Waals surface area contributed by atoms with E-state index in [0.717, 1.165) is 24.2 Å². The van der Waals surface area contributed by atoms with E-state index in [1.165, 1.54) is 22.7 Å². The summed E-state index contributed by atoms with van der Waals surface area (Å²) in [5.41, 5.74) is 4.69. The van der Waals surface area contributed by atoms with Crippen LogP contribution in [0, 0.1) is 5.21 Å². The minimum atomic E-state index is -0.637. The van der Waals surface area contributed by atoms with E-state index in [4.69, 9.17) is 4.84 Å². The van der Waals surface area contributed by atoms with Crippen LogP contribution in [-0.4, -0.2) is 59.5 Å². The average molecular weight is 562 g/mol. The van der Waals surface area contributed by atoms with Crippen molar-refractivity contribution >= 4 is 51.7 Å². The van der Waals surface area contributed by atoms with Gasteiger partial charge in [-0.3, -0.25) is 9.78 Å². The van der Waals surface area contributed by atoms with Crippen LogP contribution in [0.25, 0.3) is 0 Å². The van der Waals surface area contributed by atoms with Crippen molar-refractivity contribution in [2.24, 2.45) is 0 Å². The highest BCUT2D eigenvalue weighted by atomic mass is 32.1. The topological polar surface area (TPSA) is 126 Å². The van der Waals surface area contributed by atoms with Crippen LogP contribution in [-0.2, 0) is 11.4 Å². The second kappa shape index (κ2) is 13.6. The fraction of sp³-hybridized carbons (Fsp3) is 0.400. The lowest BCUT2D eigenvalue weighted by Gasteiger charge is -2.27. The maximum absolute atomic E-state index is 12.9. The van der Waals surface area contributed by atoms with Gasteiger partial charge in [0.15, 0.2) is 0 Å². The molecule has 0 bridgehead atoms. The molecule has 0 aliphatic rings. The Bertz CT molecular complexity index is 1160. The lowest BCUT2D eigenvalue weighted by Crippen LogP contribution is -3.10. The molecule has 38 heavy (non-hydrogen) atoms. The van der Waals surface area contributed by atoms with Crippen LogP contribution in [0.2, 0.25) is 0 Å². The zero-order chi connectivity index (χ0) is 27.7. The number of hydrogen-bond donors (Lipinski definition) is 4. The van der Waals surface area contributed by atoms with Crippen molar-refractivity contribution in [3.05, 3.63) is 62.4 Å². The van der Waals surface area contributed by atoms with Crippen molar-refractivity contribution in [3.63, 3.8) is 0 Å². The minimum absolute atomic E-state index is 0.188. The van der Waals surface area contributed by atoms with E-state index in [0.29, 0.717) is 24.5 Å². The van der Waals surface area contributed by atoms with E-state index in [1.807, 2.05) is 30.9 Å². The third-order valence-electron chi connectivity index (χ3n) is 5.07. The van der Waals surface area contributed by atoms with Gasteiger partial charge in [0.25, 0.3) is 5.91 Å². The standard InChI is InChI=1S/C25H35N7O4S2/c1-25(2,3)36-32(35)29-22-17-38-16-21(22)28-23(33)20-8-7-18(13-26-20)14-31(11-6-10-30(4)5)24(34)27-19-9-12-37-15-19/h7-9,12-13,15-17,29,32H,6,10-11,14H2,1-5H3,(H,27,34)(H,28,33). The van der Waals surface area contributed by atoms with Gasteiger partial charge in [0.2, 0.25) is 0 Å². The van der Waals surface area contributed by atoms with E-state index < -0.39 is 16.8 Å². The van der Waals surface area contributed by atoms with Gasteiger partial charge in [-0.1, -0.05) is 6.07 Å².